The molecule has 0 aromatic carbocycles. The highest BCUT2D eigenvalue weighted by Crippen LogP contribution is 2.16. The summed E-state index contributed by atoms with van der Waals surface area (Å²) in [6.45, 7) is 8.26. The maximum absolute atomic E-state index is 9.80. The fourth-order valence-corrected chi connectivity index (χ4v) is 7.78. The van der Waals surface area contributed by atoms with Gasteiger partial charge in [0.05, 0.1) is 49.7 Å². The first-order chi connectivity index (χ1) is 30.5. The van der Waals surface area contributed by atoms with E-state index in [4.69, 9.17) is 27.4 Å². The SMILES string of the molecule is CCCCCCCCCCCCC/C=C/C(O)C(N)CO.CCCCCCCCCCCCCC(O)CC(O)C(C)N.CCCCCCCCCCCCCCCC(O)C(N)CO. The molecule has 0 aromatic heterocycles. The Hall–Kier alpha value is -0.620. The third-order valence-electron chi connectivity index (χ3n) is 12.5. The fraction of sp³-hybridized carbons (Fsp3) is 0.963. The van der Waals surface area contributed by atoms with Crippen molar-refractivity contribution in [3.8, 4) is 0 Å². The van der Waals surface area contributed by atoms with Crippen LogP contribution in [0.25, 0.3) is 0 Å². The summed E-state index contributed by atoms with van der Waals surface area (Å²) in [7, 11) is 0. The van der Waals surface area contributed by atoms with Crippen molar-refractivity contribution in [2.45, 2.75) is 321 Å². The van der Waals surface area contributed by atoms with Crippen LogP contribution in [0.4, 0.5) is 0 Å². The zero-order chi connectivity index (χ0) is 47.4. The van der Waals surface area contributed by atoms with Crippen LogP contribution in [-0.4, -0.2) is 86.4 Å². The molecule has 0 saturated heterocycles. The van der Waals surface area contributed by atoms with E-state index in [2.05, 4.69) is 20.8 Å². The largest absolute Gasteiger partial charge is 0.395 e. The van der Waals surface area contributed by atoms with E-state index in [0.717, 1.165) is 32.1 Å². The summed E-state index contributed by atoms with van der Waals surface area (Å²) in [6.07, 6.45) is 51.1. The highest BCUT2D eigenvalue weighted by atomic mass is 16.3. The van der Waals surface area contributed by atoms with E-state index in [-0.39, 0.29) is 19.3 Å². The predicted molar refractivity (Wildman–Crippen MR) is 274 cm³/mol. The lowest BCUT2D eigenvalue weighted by Crippen LogP contribution is -2.37. The quantitative estimate of drug-likeness (QED) is 0.0211. The molecule has 0 spiro atoms. The summed E-state index contributed by atoms with van der Waals surface area (Å²) in [4.78, 5) is 0. The predicted octanol–water partition coefficient (Wildman–Crippen LogP) is 12.2. The number of aliphatic hydroxyl groups excluding tert-OH is 6. The van der Waals surface area contributed by atoms with Crippen molar-refractivity contribution in [2.24, 2.45) is 17.2 Å². The van der Waals surface area contributed by atoms with E-state index in [0.29, 0.717) is 6.42 Å². The average molecular weight is 903 g/mol. The summed E-state index contributed by atoms with van der Waals surface area (Å²) in [5.74, 6) is 0. The molecule has 7 atom stereocenters. The van der Waals surface area contributed by atoms with Gasteiger partial charge in [-0.05, 0) is 32.6 Å². The summed E-state index contributed by atoms with van der Waals surface area (Å²) < 4.78 is 0. The number of unbranched alkanes of at least 4 members (excludes halogenated alkanes) is 33. The van der Waals surface area contributed by atoms with Crippen LogP contribution >= 0.6 is 0 Å². The number of nitrogens with two attached hydrogens (primary N) is 3. The summed E-state index contributed by atoms with van der Waals surface area (Å²) in [6, 6.07) is -1.28. The Labute approximate surface area is 392 Å². The van der Waals surface area contributed by atoms with Gasteiger partial charge in [-0.25, -0.2) is 0 Å². The number of hydrogen-bond acceptors (Lipinski definition) is 9. The minimum Gasteiger partial charge on any atom is -0.395 e. The topological polar surface area (TPSA) is 199 Å². The standard InChI is InChI=1S/2C18H39NO2.C18H37NO2/c1-3-4-5-6-7-8-9-10-11-12-13-14-17(20)15-18(21)16(2)19;2*1-2-3-4-5-6-7-8-9-10-11-12-13-14-15-18(21)17(19)16-20/h16-18,20-21H,3-15,19H2,1-2H3;17-18,20-21H,2-16,19H2,1H3;14-15,17-18,20-21H,2-13,16,19H2,1H3/b;;15-14+. The molecule has 7 unspecified atom stereocenters. The molecule has 382 valence electrons. The minimum atomic E-state index is -0.720. The maximum atomic E-state index is 9.80. The Morgan fingerprint density at radius 3 is 1.00 bits per heavy atom. The van der Waals surface area contributed by atoms with Gasteiger partial charge in [0.15, 0.2) is 0 Å². The van der Waals surface area contributed by atoms with Crippen LogP contribution in [0.5, 0.6) is 0 Å². The lowest BCUT2D eigenvalue weighted by atomic mass is 10.0. The van der Waals surface area contributed by atoms with Gasteiger partial charge in [-0.1, -0.05) is 251 Å². The molecule has 9 nitrogen and oxygen atoms in total. The van der Waals surface area contributed by atoms with Crippen LogP contribution in [0.1, 0.15) is 278 Å². The van der Waals surface area contributed by atoms with Crippen LogP contribution in [0, 0.1) is 0 Å². The molecule has 0 radical (unpaired) electrons. The van der Waals surface area contributed by atoms with E-state index in [1.54, 1.807) is 13.0 Å². The molecule has 0 saturated carbocycles. The molecular weight excluding hydrogens is 787 g/mol. The van der Waals surface area contributed by atoms with Crippen LogP contribution in [0.3, 0.4) is 0 Å². The first kappa shape index (κ1) is 66.7. The van der Waals surface area contributed by atoms with Crippen molar-refractivity contribution < 1.29 is 30.6 Å². The molecule has 0 aromatic rings. The molecule has 0 fully saturated rings. The van der Waals surface area contributed by atoms with Crippen molar-refractivity contribution in [3.63, 3.8) is 0 Å². The molecule has 0 rings (SSSR count). The summed E-state index contributed by atoms with van der Waals surface area (Å²) >= 11 is 0. The van der Waals surface area contributed by atoms with Gasteiger partial charge in [-0.3, -0.25) is 0 Å². The molecular formula is C54H115N3O6. The van der Waals surface area contributed by atoms with Crippen LogP contribution in [0.15, 0.2) is 12.2 Å². The summed E-state index contributed by atoms with van der Waals surface area (Å²) in [5.41, 5.74) is 16.7. The molecule has 0 heterocycles. The summed E-state index contributed by atoms with van der Waals surface area (Å²) in [5, 5.41) is 56.1. The van der Waals surface area contributed by atoms with Crippen molar-refractivity contribution in [1.82, 2.24) is 0 Å². The Morgan fingerprint density at radius 2 is 0.683 bits per heavy atom. The van der Waals surface area contributed by atoms with Crippen molar-refractivity contribution in [2.75, 3.05) is 13.2 Å². The third-order valence-corrected chi connectivity index (χ3v) is 12.5. The van der Waals surface area contributed by atoms with Crippen molar-refractivity contribution >= 4 is 0 Å². The van der Waals surface area contributed by atoms with Crippen molar-refractivity contribution in [1.29, 1.82) is 0 Å². The van der Waals surface area contributed by atoms with Gasteiger partial charge >= 0.3 is 0 Å². The monoisotopic (exact) mass is 902 g/mol. The normalized spacial score (nSPS) is 14.9. The lowest BCUT2D eigenvalue weighted by Gasteiger charge is -2.18. The van der Waals surface area contributed by atoms with Gasteiger partial charge in [0.25, 0.3) is 0 Å². The molecule has 63 heavy (non-hydrogen) atoms. The average Bonchev–Trinajstić information content (AvgIpc) is 3.28. The zero-order valence-electron chi connectivity index (χ0n) is 42.6. The molecule has 0 aliphatic carbocycles. The molecule has 0 aliphatic rings. The second kappa shape index (κ2) is 55.7. The van der Waals surface area contributed by atoms with Crippen LogP contribution in [0.2, 0.25) is 0 Å². The fourth-order valence-electron chi connectivity index (χ4n) is 7.78. The minimum absolute atomic E-state index is 0.125. The van der Waals surface area contributed by atoms with Gasteiger partial charge in [0, 0.05) is 12.5 Å². The third kappa shape index (κ3) is 55.6. The van der Waals surface area contributed by atoms with E-state index in [1.165, 1.54) is 212 Å². The molecule has 9 heteroatoms. The number of rotatable bonds is 46. The Balaban J connectivity index is -0.000000857. The second-order valence-electron chi connectivity index (χ2n) is 19.2. The first-order valence-electron chi connectivity index (χ1n) is 27.4. The smallest absolute Gasteiger partial charge is 0.0894 e. The van der Waals surface area contributed by atoms with Gasteiger partial charge in [0.1, 0.15) is 0 Å². The maximum Gasteiger partial charge on any atom is 0.0894 e. The van der Waals surface area contributed by atoms with E-state index < -0.39 is 36.5 Å². The van der Waals surface area contributed by atoms with E-state index in [1.807, 2.05) is 6.08 Å². The van der Waals surface area contributed by atoms with Crippen molar-refractivity contribution in [3.05, 3.63) is 12.2 Å². The number of hydrogen-bond donors (Lipinski definition) is 9. The lowest BCUT2D eigenvalue weighted by molar-refractivity contribution is 0.0629. The van der Waals surface area contributed by atoms with Gasteiger partial charge in [-0.15, -0.1) is 0 Å². The molecule has 0 aliphatic heterocycles. The number of allylic oxidation sites excluding steroid dienone is 1. The Morgan fingerprint density at radius 1 is 0.381 bits per heavy atom. The Kier molecular flexibility index (Phi) is 58.9. The highest BCUT2D eigenvalue weighted by Gasteiger charge is 2.15. The van der Waals surface area contributed by atoms with Gasteiger partial charge in [0.2, 0.25) is 0 Å². The van der Waals surface area contributed by atoms with E-state index >= 15 is 0 Å². The molecule has 0 amide bonds. The zero-order valence-corrected chi connectivity index (χ0v) is 42.6. The second-order valence-corrected chi connectivity index (χ2v) is 19.2. The van der Waals surface area contributed by atoms with Gasteiger partial charge in [-0.2, -0.15) is 0 Å². The Bertz CT molecular complexity index is 852. The van der Waals surface area contributed by atoms with Crippen LogP contribution < -0.4 is 17.2 Å². The van der Waals surface area contributed by atoms with Gasteiger partial charge < -0.3 is 47.8 Å². The first-order valence-corrected chi connectivity index (χ1v) is 27.4. The molecule has 0 bridgehead atoms. The number of aliphatic hydroxyl groups is 6. The highest BCUT2D eigenvalue weighted by molar-refractivity contribution is 4.93. The van der Waals surface area contributed by atoms with Crippen LogP contribution in [-0.2, 0) is 0 Å². The molecule has 12 N–H and O–H groups in total. The van der Waals surface area contributed by atoms with E-state index in [9.17, 15) is 20.4 Å².